The van der Waals surface area contributed by atoms with Crippen LogP contribution in [0.4, 0.5) is 0 Å². The van der Waals surface area contributed by atoms with Gasteiger partial charge in [-0.2, -0.15) is 0 Å². The van der Waals surface area contributed by atoms with E-state index >= 15 is 0 Å². The van der Waals surface area contributed by atoms with Crippen LogP contribution < -0.4 is 5.32 Å². The third kappa shape index (κ3) is 1.63. The van der Waals surface area contributed by atoms with E-state index in [-0.39, 0.29) is 5.41 Å². The van der Waals surface area contributed by atoms with E-state index in [0.29, 0.717) is 5.92 Å². The van der Waals surface area contributed by atoms with Gasteiger partial charge in [-0.3, -0.25) is 0 Å². The topological polar surface area (TPSA) is 49.9 Å². The molecular formula is C15H19N3O. The van der Waals surface area contributed by atoms with Crippen LogP contribution in [0.15, 0.2) is 18.2 Å². The standard InChI is InChI=1S/C15H19N3O/c1-10-17-13-3-2-11(6-14(13)18-10)15(8-19-9-15)12-4-5-16-7-12/h2-3,6,12,16H,4-5,7-9H2,1H3,(H,17,18). The second-order valence-electron chi connectivity index (χ2n) is 5.89. The summed E-state index contributed by atoms with van der Waals surface area (Å²) in [5.74, 6) is 1.68. The van der Waals surface area contributed by atoms with Crippen LogP contribution in [0.2, 0.25) is 0 Å². The lowest BCUT2D eigenvalue weighted by Crippen LogP contribution is -2.53. The highest BCUT2D eigenvalue weighted by atomic mass is 16.5. The number of fused-ring (bicyclic) bond motifs is 1. The van der Waals surface area contributed by atoms with Crippen molar-refractivity contribution in [1.29, 1.82) is 0 Å². The number of nitrogens with one attached hydrogen (secondary N) is 2. The summed E-state index contributed by atoms with van der Waals surface area (Å²) in [6, 6.07) is 6.65. The monoisotopic (exact) mass is 257 g/mol. The minimum absolute atomic E-state index is 0.219. The molecule has 0 bridgehead atoms. The molecule has 0 radical (unpaired) electrons. The Morgan fingerprint density at radius 2 is 2.26 bits per heavy atom. The largest absolute Gasteiger partial charge is 0.379 e. The Morgan fingerprint density at radius 3 is 2.95 bits per heavy atom. The number of ether oxygens (including phenoxy) is 1. The number of aryl methyl sites for hydroxylation is 1. The van der Waals surface area contributed by atoms with Crippen LogP contribution in [-0.2, 0) is 10.2 Å². The first kappa shape index (κ1) is 11.4. The minimum Gasteiger partial charge on any atom is -0.379 e. The van der Waals surface area contributed by atoms with Crippen LogP contribution in [0.3, 0.4) is 0 Å². The zero-order chi connectivity index (χ0) is 12.9. The molecule has 2 aliphatic heterocycles. The molecule has 1 aromatic carbocycles. The first-order valence-corrected chi connectivity index (χ1v) is 7.03. The van der Waals surface area contributed by atoms with Crippen molar-refractivity contribution in [1.82, 2.24) is 15.3 Å². The fourth-order valence-corrected chi connectivity index (χ4v) is 3.53. The van der Waals surface area contributed by atoms with Crippen LogP contribution in [0.25, 0.3) is 11.0 Å². The zero-order valence-corrected chi connectivity index (χ0v) is 11.2. The van der Waals surface area contributed by atoms with Crippen molar-refractivity contribution >= 4 is 11.0 Å². The molecular weight excluding hydrogens is 238 g/mol. The maximum atomic E-state index is 5.57. The van der Waals surface area contributed by atoms with Crippen LogP contribution in [0.1, 0.15) is 17.8 Å². The average Bonchev–Trinajstić information content (AvgIpc) is 2.95. The van der Waals surface area contributed by atoms with E-state index in [1.165, 1.54) is 12.0 Å². The Labute approximate surface area is 112 Å². The maximum Gasteiger partial charge on any atom is 0.104 e. The summed E-state index contributed by atoms with van der Waals surface area (Å²) >= 11 is 0. The van der Waals surface area contributed by atoms with Crippen LogP contribution in [-0.4, -0.2) is 36.3 Å². The van der Waals surface area contributed by atoms with E-state index in [0.717, 1.165) is 43.2 Å². The van der Waals surface area contributed by atoms with Crippen molar-refractivity contribution < 1.29 is 4.74 Å². The Hall–Kier alpha value is -1.39. The molecule has 0 amide bonds. The van der Waals surface area contributed by atoms with Gasteiger partial charge in [0.25, 0.3) is 0 Å². The van der Waals surface area contributed by atoms with Crippen LogP contribution in [0, 0.1) is 12.8 Å². The van der Waals surface area contributed by atoms with E-state index in [4.69, 9.17) is 4.74 Å². The smallest absolute Gasteiger partial charge is 0.104 e. The first-order chi connectivity index (χ1) is 9.28. The van der Waals surface area contributed by atoms with Gasteiger partial charge < -0.3 is 15.0 Å². The third-order valence-corrected chi connectivity index (χ3v) is 4.74. The zero-order valence-electron chi connectivity index (χ0n) is 11.2. The van der Waals surface area contributed by atoms with Gasteiger partial charge in [-0.05, 0) is 50.0 Å². The lowest BCUT2D eigenvalue weighted by atomic mass is 9.68. The highest BCUT2D eigenvalue weighted by molar-refractivity contribution is 5.76. The van der Waals surface area contributed by atoms with E-state index in [1.807, 2.05) is 6.92 Å². The summed E-state index contributed by atoms with van der Waals surface area (Å²) < 4.78 is 5.57. The molecule has 4 nitrogen and oxygen atoms in total. The Kier molecular flexibility index (Phi) is 2.44. The SMILES string of the molecule is Cc1nc2ccc(C3(C4CCNC4)COC3)cc2[nH]1. The molecule has 1 unspecified atom stereocenters. The van der Waals surface area contributed by atoms with Gasteiger partial charge in [0.15, 0.2) is 0 Å². The van der Waals surface area contributed by atoms with Crippen LogP contribution in [0.5, 0.6) is 0 Å². The number of hydrogen-bond acceptors (Lipinski definition) is 3. The lowest BCUT2D eigenvalue weighted by molar-refractivity contribution is -0.0868. The summed E-state index contributed by atoms with van der Waals surface area (Å²) in [4.78, 5) is 7.82. The summed E-state index contributed by atoms with van der Waals surface area (Å²) in [5, 5.41) is 3.48. The number of imidazole rings is 1. The fraction of sp³-hybridized carbons (Fsp3) is 0.533. The molecule has 2 aliphatic rings. The first-order valence-electron chi connectivity index (χ1n) is 7.03. The van der Waals surface area contributed by atoms with E-state index in [1.54, 1.807) is 0 Å². The highest BCUT2D eigenvalue weighted by Gasteiger charge is 2.47. The molecule has 2 saturated heterocycles. The predicted octanol–water partition coefficient (Wildman–Crippen LogP) is 1.75. The second-order valence-corrected chi connectivity index (χ2v) is 5.89. The number of aromatic nitrogens is 2. The minimum atomic E-state index is 0.219. The summed E-state index contributed by atoms with van der Waals surface area (Å²) in [6.45, 7) is 5.97. The van der Waals surface area contributed by atoms with Crippen molar-refractivity contribution in [2.75, 3.05) is 26.3 Å². The fourth-order valence-electron chi connectivity index (χ4n) is 3.53. The van der Waals surface area contributed by atoms with Gasteiger partial charge in [0, 0.05) is 5.41 Å². The Bertz CT molecular complexity index is 609. The summed E-state index contributed by atoms with van der Waals surface area (Å²) in [6.07, 6.45) is 1.25. The lowest BCUT2D eigenvalue weighted by Gasteiger charge is -2.46. The normalized spacial score (nSPS) is 25.6. The van der Waals surface area contributed by atoms with E-state index in [2.05, 4.69) is 33.5 Å². The number of rotatable bonds is 2. The van der Waals surface area contributed by atoms with Gasteiger partial charge in [-0.1, -0.05) is 6.07 Å². The highest BCUT2D eigenvalue weighted by Crippen LogP contribution is 2.42. The Morgan fingerprint density at radius 1 is 1.37 bits per heavy atom. The number of benzene rings is 1. The van der Waals surface area contributed by atoms with E-state index < -0.39 is 0 Å². The number of hydrogen-bond donors (Lipinski definition) is 2. The molecule has 3 heterocycles. The van der Waals surface area contributed by atoms with Crippen molar-refractivity contribution in [3.63, 3.8) is 0 Å². The third-order valence-electron chi connectivity index (χ3n) is 4.74. The van der Waals surface area contributed by atoms with Gasteiger partial charge >= 0.3 is 0 Å². The Balaban J connectivity index is 1.78. The van der Waals surface area contributed by atoms with Crippen molar-refractivity contribution in [2.24, 2.45) is 5.92 Å². The number of H-pyrrole nitrogens is 1. The van der Waals surface area contributed by atoms with Gasteiger partial charge in [0.05, 0.1) is 24.2 Å². The molecule has 1 atom stereocenters. The van der Waals surface area contributed by atoms with Gasteiger partial charge in [0.2, 0.25) is 0 Å². The number of aromatic amines is 1. The average molecular weight is 257 g/mol. The molecule has 2 N–H and O–H groups in total. The molecule has 4 rings (SSSR count). The van der Waals surface area contributed by atoms with Crippen molar-refractivity contribution in [2.45, 2.75) is 18.8 Å². The van der Waals surface area contributed by atoms with Crippen molar-refractivity contribution in [3.05, 3.63) is 29.6 Å². The number of nitrogens with zero attached hydrogens (tertiary/aromatic N) is 1. The maximum absolute atomic E-state index is 5.57. The second kappa shape index (κ2) is 4.05. The molecule has 4 heteroatoms. The van der Waals surface area contributed by atoms with Gasteiger partial charge in [-0.25, -0.2) is 4.98 Å². The molecule has 100 valence electrons. The predicted molar refractivity (Wildman–Crippen MR) is 74.3 cm³/mol. The van der Waals surface area contributed by atoms with Gasteiger partial charge in [0.1, 0.15) is 5.82 Å². The molecule has 19 heavy (non-hydrogen) atoms. The quantitative estimate of drug-likeness (QED) is 0.861. The summed E-state index contributed by atoms with van der Waals surface area (Å²) in [7, 11) is 0. The van der Waals surface area contributed by atoms with Crippen LogP contribution >= 0.6 is 0 Å². The summed E-state index contributed by atoms with van der Waals surface area (Å²) in [5.41, 5.74) is 3.83. The molecule has 2 aromatic rings. The van der Waals surface area contributed by atoms with Gasteiger partial charge in [-0.15, -0.1) is 0 Å². The molecule has 0 saturated carbocycles. The van der Waals surface area contributed by atoms with Crippen molar-refractivity contribution in [3.8, 4) is 0 Å². The molecule has 1 aromatic heterocycles. The molecule has 2 fully saturated rings. The molecule has 0 spiro atoms. The van der Waals surface area contributed by atoms with E-state index in [9.17, 15) is 0 Å². The molecule has 0 aliphatic carbocycles.